The molecule has 0 aliphatic heterocycles. The Bertz CT molecular complexity index is 667. The molecule has 0 bridgehead atoms. The summed E-state index contributed by atoms with van der Waals surface area (Å²) in [6.45, 7) is 0. The first-order chi connectivity index (χ1) is 9.36. The Morgan fingerprint density at radius 3 is 2.30 bits per heavy atom. The summed E-state index contributed by atoms with van der Waals surface area (Å²) in [5, 5.41) is 3.74. The molecule has 2 aromatic rings. The lowest BCUT2D eigenvalue weighted by Crippen LogP contribution is -2.30. The summed E-state index contributed by atoms with van der Waals surface area (Å²) in [6, 6.07) is 11.9. The summed E-state index contributed by atoms with van der Waals surface area (Å²) >= 11 is 0. The second-order valence-electron chi connectivity index (χ2n) is 3.86. The molecule has 7 heteroatoms. The number of benzene rings is 2. The number of esters is 1. The number of alkyl halides is 3. The van der Waals surface area contributed by atoms with Gasteiger partial charge in [0.1, 0.15) is 0 Å². The molecule has 0 unspecified atom stereocenters. The van der Waals surface area contributed by atoms with Gasteiger partial charge in [-0.15, -0.1) is 0 Å². The topological polar surface area (TPSA) is 55.4 Å². The molecule has 0 fully saturated rings. The fourth-order valence-electron chi connectivity index (χ4n) is 1.55. The lowest BCUT2D eigenvalue weighted by atomic mass is 10.1. The van der Waals surface area contributed by atoms with Crippen LogP contribution < -0.4 is 5.32 Å². The van der Waals surface area contributed by atoms with Crippen LogP contribution in [0.5, 0.6) is 0 Å². The molecule has 1 N–H and O–H groups in total. The van der Waals surface area contributed by atoms with Gasteiger partial charge < -0.3 is 4.74 Å². The molecule has 0 aliphatic carbocycles. The molecule has 2 rings (SSSR count). The number of carbonyl (C=O) groups excluding carboxylic acids is 2. The van der Waals surface area contributed by atoms with Gasteiger partial charge >= 0.3 is 18.2 Å². The van der Waals surface area contributed by atoms with Crippen LogP contribution in [0.15, 0.2) is 42.5 Å². The van der Waals surface area contributed by atoms with E-state index in [9.17, 15) is 22.8 Å². The van der Waals surface area contributed by atoms with E-state index < -0.39 is 18.2 Å². The number of rotatable bonds is 1. The molecule has 0 aromatic heterocycles. The predicted molar refractivity (Wildman–Crippen MR) is 65.1 cm³/mol. The number of halogens is 3. The van der Waals surface area contributed by atoms with Crippen LogP contribution in [0.25, 0.3) is 10.8 Å². The molecule has 1 amide bonds. The maximum absolute atomic E-state index is 11.9. The van der Waals surface area contributed by atoms with Crippen molar-refractivity contribution in [1.29, 1.82) is 0 Å². The summed E-state index contributed by atoms with van der Waals surface area (Å²) in [5.41, 5.74) is 0.226. The van der Waals surface area contributed by atoms with E-state index in [1.165, 1.54) is 6.07 Å². The van der Waals surface area contributed by atoms with Gasteiger partial charge in [-0.1, -0.05) is 30.3 Å². The van der Waals surface area contributed by atoms with Crippen LogP contribution in [-0.4, -0.2) is 18.2 Å². The van der Waals surface area contributed by atoms with Crippen molar-refractivity contribution in [2.45, 2.75) is 6.18 Å². The standard InChI is InChI=1S/C13H8F3NO3/c14-13(15,16)11(18)20-12(19)17-10-6-5-8-3-1-2-4-9(8)7-10/h1-7H,(H,17,19). The number of anilines is 1. The van der Waals surface area contributed by atoms with E-state index in [4.69, 9.17) is 0 Å². The van der Waals surface area contributed by atoms with Gasteiger partial charge in [0.2, 0.25) is 0 Å². The number of ether oxygens (including phenoxy) is 1. The van der Waals surface area contributed by atoms with Crippen molar-refractivity contribution in [3.63, 3.8) is 0 Å². The minimum atomic E-state index is -5.21. The molecule has 0 saturated heterocycles. The van der Waals surface area contributed by atoms with Crippen molar-refractivity contribution in [3.05, 3.63) is 42.5 Å². The molecule has 0 heterocycles. The zero-order valence-corrected chi connectivity index (χ0v) is 9.90. The maximum atomic E-state index is 11.9. The van der Waals surface area contributed by atoms with E-state index in [0.29, 0.717) is 0 Å². The second-order valence-corrected chi connectivity index (χ2v) is 3.86. The number of nitrogens with one attached hydrogen (secondary N) is 1. The highest BCUT2D eigenvalue weighted by molar-refractivity contribution is 5.96. The van der Waals surface area contributed by atoms with Crippen molar-refractivity contribution in [2.24, 2.45) is 0 Å². The van der Waals surface area contributed by atoms with E-state index in [0.717, 1.165) is 10.8 Å². The van der Waals surface area contributed by atoms with Gasteiger partial charge in [-0.05, 0) is 22.9 Å². The zero-order valence-electron chi connectivity index (χ0n) is 9.90. The summed E-state index contributed by atoms with van der Waals surface area (Å²) < 4.78 is 39.3. The van der Waals surface area contributed by atoms with Gasteiger partial charge in [-0.3, -0.25) is 5.32 Å². The lowest BCUT2D eigenvalue weighted by molar-refractivity contribution is -0.192. The summed E-state index contributed by atoms with van der Waals surface area (Å²) in [6.07, 6.45) is -6.69. The summed E-state index contributed by atoms with van der Waals surface area (Å²) in [4.78, 5) is 21.6. The number of amides is 1. The molecular weight excluding hydrogens is 275 g/mol. The van der Waals surface area contributed by atoms with Crippen LogP contribution in [0.2, 0.25) is 0 Å². The van der Waals surface area contributed by atoms with Crippen LogP contribution in [-0.2, 0) is 9.53 Å². The molecule has 0 saturated carbocycles. The summed E-state index contributed by atoms with van der Waals surface area (Å²) in [5.74, 6) is -2.56. The third kappa shape index (κ3) is 3.25. The lowest BCUT2D eigenvalue weighted by Gasteiger charge is -2.08. The van der Waals surface area contributed by atoms with E-state index in [1.54, 1.807) is 24.3 Å². The number of hydrogen-bond donors (Lipinski definition) is 1. The SMILES string of the molecule is O=C(Nc1ccc2ccccc2c1)OC(=O)C(F)(F)F. The Morgan fingerprint density at radius 1 is 1.00 bits per heavy atom. The van der Waals surface area contributed by atoms with Crippen molar-refractivity contribution in [3.8, 4) is 0 Å². The highest BCUT2D eigenvalue weighted by Crippen LogP contribution is 2.20. The Morgan fingerprint density at radius 2 is 1.65 bits per heavy atom. The van der Waals surface area contributed by atoms with Crippen LogP contribution >= 0.6 is 0 Å². The predicted octanol–water partition coefficient (Wildman–Crippen LogP) is 3.48. The molecule has 0 radical (unpaired) electrons. The normalized spacial score (nSPS) is 11.2. The largest absolute Gasteiger partial charge is 0.491 e. The Labute approximate surface area is 111 Å². The first-order valence-electron chi connectivity index (χ1n) is 5.45. The van der Waals surface area contributed by atoms with Crippen molar-refractivity contribution >= 4 is 28.5 Å². The monoisotopic (exact) mass is 283 g/mol. The molecule has 20 heavy (non-hydrogen) atoms. The van der Waals surface area contributed by atoms with Gasteiger partial charge in [-0.2, -0.15) is 13.2 Å². The molecule has 0 aliphatic rings. The first-order valence-corrected chi connectivity index (χ1v) is 5.45. The van der Waals surface area contributed by atoms with Crippen LogP contribution in [0, 0.1) is 0 Å². The minimum absolute atomic E-state index is 0.226. The minimum Gasteiger partial charge on any atom is -0.369 e. The highest BCUT2D eigenvalue weighted by Gasteiger charge is 2.42. The van der Waals surface area contributed by atoms with Gasteiger partial charge in [0.25, 0.3) is 0 Å². The van der Waals surface area contributed by atoms with Crippen LogP contribution in [0.4, 0.5) is 23.7 Å². The van der Waals surface area contributed by atoms with E-state index in [1.807, 2.05) is 12.1 Å². The maximum Gasteiger partial charge on any atom is 0.491 e. The third-order valence-corrected chi connectivity index (χ3v) is 2.41. The van der Waals surface area contributed by atoms with Gasteiger partial charge in [0.15, 0.2) is 0 Å². The quantitative estimate of drug-likeness (QED) is 0.644. The Hall–Kier alpha value is -2.57. The van der Waals surface area contributed by atoms with Gasteiger partial charge in [0, 0.05) is 5.69 Å². The van der Waals surface area contributed by atoms with Gasteiger partial charge in [0.05, 0.1) is 0 Å². The van der Waals surface area contributed by atoms with Gasteiger partial charge in [-0.25, -0.2) is 9.59 Å². The van der Waals surface area contributed by atoms with Crippen molar-refractivity contribution in [1.82, 2.24) is 0 Å². The van der Waals surface area contributed by atoms with Crippen LogP contribution in [0.1, 0.15) is 0 Å². The Kier molecular flexibility index (Phi) is 3.60. The summed E-state index contributed by atoms with van der Waals surface area (Å²) in [7, 11) is 0. The van der Waals surface area contributed by atoms with Crippen molar-refractivity contribution < 1.29 is 27.5 Å². The molecule has 104 valence electrons. The molecule has 2 aromatic carbocycles. The second kappa shape index (κ2) is 5.20. The molecular formula is C13H8F3NO3. The molecule has 4 nitrogen and oxygen atoms in total. The smallest absolute Gasteiger partial charge is 0.369 e. The molecule has 0 spiro atoms. The highest BCUT2D eigenvalue weighted by atomic mass is 19.4. The first kappa shape index (κ1) is 13.9. The van der Waals surface area contributed by atoms with Crippen molar-refractivity contribution in [2.75, 3.05) is 5.32 Å². The number of carbonyl (C=O) groups is 2. The average molecular weight is 283 g/mol. The van der Waals surface area contributed by atoms with E-state index in [-0.39, 0.29) is 5.69 Å². The molecule has 0 atom stereocenters. The Balaban J connectivity index is 2.08. The number of hydrogen-bond acceptors (Lipinski definition) is 3. The van der Waals surface area contributed by atoms with E-state index in [2.05, 4.69) is 10.1 Å². The fourth-order valence-corrected chi connectivity index (χ4v) is 1.55. The third-order valence-electron chi connectivity index (χ3n) is 2.41. The zero-order chi connectivity index (χ0) is 14.8. The average Bonchev–Trinajstić information content (AvgIpc) is 2.37. The van der Waals surface area contributed by atoms with E-state index >= 15 is 0 Å². The number of fused-ring (bicyclic) bond motifs is 1. The fraction of sp³-hybridized carbons (Fsp3) is 0.0769. The van der Waals surface area contributed by atoms with Crippen LogP contribution in [0.3, 0.4) is 0 Å².